The van der Waals surface area contributed by atoms with Gasteiger partial charge in [0.1, 0.15) is 0 Å². The second-order valence-corrected chi connectivity index (χ2v) is 5.76. The highest BCUT2D eigenvalue weighted by atomic mass is 15.0. The minimum Gasteiger partial charge on any atom is -0.208 e. The minimum absolute atomic E-state index is 0.626. The second kappa shape index (κ2) is 9.25. The normalized spacial score (nSPS) is 9.75. The van der Waals surface area contributed by atoms with Gasteiger partial charge in [0.15, 0.2) is 17.5 Å². The average Bonchev–Trinajstić information content (AvgIpc) is 2.81. The van der Waals surface area contributed by atoms with Crippen molar-refractivity contribution in [3.8, 4) is 46.5 Å². The van der Waals surface area contributed by atoms with Crippen LogP contribution < -0.4 is 0 Å². The number of terminal acetylenes is 1. The van der Waals surface area contributed by atoms with E-state index >= 15 is 0 Å². The Bertz CT molecular complexity index is 1010. The predicted octanol–water partition coefficient (Wildman–Crippen LogP) is 5.88. The number of rotatable bonds is 3. The van der Waals surface area contributed by atoms with Gasteiger partial charge < -0.3 is 0 Å². The molecule has 0 fully saturated rings. The Balaban J connectivity index is 0.00000109. The van der Waals surface area contributed by atoms with Gasteiger partial charge in [0.25, 0.3) is 0 Å². The van der Waals surface area contributed by atoms with Gasteiger partial charge in [-0.1, -0.05) is 80.4 Å². The van der Waals surface area contributed by atoms with Crippen LogP contribution >= 0.6 is 0 Å². The lowest BCUT2D eigenvalue weighted by molar-refractivity contribution is 1.07. The Labute approximate surface area is 166 Å². The van der Waals surface area contributed by atoms with Gasteiger partial charge in [-0.2, -0.15) is 0 Å². The van der Waals surface area contributed by atoms with Crippen molar-refractivity contribution in [2.24, 2.45) is 0 Å². The molecule has 0 saturated carbocycles. The van der Waals surface area contributed by atoms with Gasteiger partial charge in [-0.3, -0.25) is 0 Å². The molecule has 0 saturated heterocycles. The molecule has 0 atom stereocenters. The van der Waals surface area contributed by atoms with E-state index in [9.17, 15) is 0 Å². The van der Waals surface area contributed by atoms with E-state index in [-0.39, 0.29) is 0 Å². The molecule has 3 aromatic carbocycles. The van der Waals surface area contributed by atoms with Crippen molar-refractivity contribution < 1.29 is 0 Å². The second-order valence-electron chi connectivity index (χ2n) is 5.76. The Kier molecular flexibility index (Phi) is 6.28. The molecule has 3 nitrogen and oxygen atoms in total. The maximum atomic E-state index is 5.45. The van der Waals surface area contributed by atoms with Gasteiger partial charge in [-0.15, -0.1) is 6.42 Å². The van der Waals surface area contributed by atoms with E-state index in [0.717, 1.165) is 22.3 Å². The Morgan fingerprint density at radius 1 is 0.536 bits per heavy atom. The smallest absolute Gasteiger partial charge is 0.164 e. The molecule has 0 amide bonds. The van der Waals surface area contributed by atoms with Gasteiger partial charge >= 0.3 is 0 Å². The first kappa shape index (κ1) is 19.0. The molecular formula is C25H21N3. The van der Waals surface area contributed by atoms with E-state index in [1.165, 1.54) is 0 Å². The number of aromatic nitrogens is 3. The van der Waals surface area contributed by atoms with Crippen LogP contribution in [-0.4, -0.2) is 15.0 Å². The molecule has 1 heterocycles. The van der Waals surface area contributed by atoms with E-state index < -0.39 is 0 Å². The lowest BCUT2D eigenvalue weighted by Gasteiger charge is -2.08. The van der Waals surface area contributed by atoms with Gasteiger partial charge in [0.2, 0.25) is 0 Å². The van der Waals surface area contributed by atoms with E-state index in [1.54, 1.807) is 0 Å². The Hall–Kier alpha value is -3.77. The van der Waals surface area contributed by atoms with Crippen LogP contribution in [0.25, 0.3) is 34.2 Å². The SMILES string of the molecule is C#Cc1ccc(-c2nc(-c3ccccc3)nc(-c3ccccc3)n2)cc1.CC. The Morgan fingerprint density at radius 2 is 0.893 bits per heavy atom. The van der Waals surface area contributed by atoms with Crippen molar-refractivity contribution in [3.63, 3.8) is 0 Å². The Morgan fingerprint density at radius 3 is 1.25 bits per heavy atom. The fraction of sp³-hybridized carbons (Fsp3) is 0.0800. The summed E-state index contributed by atoms with van der Waals surface area (Å²) in [5.41, 5.74) is 3.64. The summed E-state index contributed by atoms with van der Waals surface area (Å²) in [4.78, 5) is 14.0. The molecular weight excluding hydrogens is 342 g/mol. The van der Waals surface area contributed by atoms with Crippen LogP contribution in [0.15, 0.2) is 84.9 Å². The lowest BCUT2D eigenvalue weighted by atomic mass is 10.1. The fourth-order valence-corrected chi connectivity index (χ4v) is 2.65. The molecule has 0 aliphatic rings. The third-order valence-electron chi connectivity index (χ3n) is 4.01. The van der Waals surface area contributed by atoms with Crippen molar-refractivity contribution in [3.05, 3.63) is 90.5 Å². The van der Waals surface area contributed by atoms with Crippen molar-refractivity contribution in [2.45, 2.75) is 13.8 Å². The molecule has 0 aliphatic carbocycles. The van der Waals surface area contributed by atoms with E-state index in [2.05, 4.69) is 20.9 Å². The molecule has 0 bridgehead atoms. The lowest BCUT2D eigenvalue weighted by Crippen LogP contribution is -2.00. The molecule has 136 valence electrons. The summed E-state index contributed by atoms with van der Waals surface area (Å²) in [6, 6.07) is 27.5. The highest BCUT2D eigenvalue weighted by Gasteiger charge is 2.11. The molecule has 0 N–H and O–H groups in total. The fourth-order valence-electron chi connectivity index (χ4n) is 2.65. The zero-order valence-corrected chi connectivity index (χ0v) is 16.0. The van der Waals surface area contributed by atoms with Crippen molar-refractivity contribution in [1.29, 1.82) is 0 Å². The summed E-state index contributed by atoms with van der Waals surface area (Å²) >= 11 is 0. The molecule has 4 rings (SSSR count). The summed E-state index contributed by atoms with van der Waals surface area (Å²) in [6.45, 7) is 4.00. The first-order chi connectivity index (χ1) is 13.8. The maximum Gasteiger partial charge on any atom is 0.164 e. The van der Waals surface area contributed by atoms with Gasteiger partial charge in [0, 0.05) is 22.3 Å². The predicted molar refractivity (Wildman–Crippen MR) is 115 cm³/mol. The molecule has 1 aromatic heterocycles. The topological polar surface area (TPSA) is 38.7 Å². The molecule has 0 unspecified atom stereocenters. The number of nitrogens with zero attached hydrogens (tertiary/aromatic N) is 3. The first-order valence-corrected chi connectivity index (χ1v) is 9.27. The van der Waals surface area contributed by atoms with Crippen LogP contribution in [0, 0.1) is 12.3 Å². The zero-order chi connectivity index (χ0) is 19.8. The first-order valence-electron chi connectivity index (χ1n) is 9.27. The van der Waals surface area contributed by atoms with E-state index in [0.29, 0.717) is 17.5 Å². The quantitative estimate of drug-likeness (QED) is 0.427. The molecule has 0 radical (unpaired) electrons. The number of benzene rings is 3. The summed E-state index contributed by atoms with van der Waals surface area (Å²) < 4.78 is 0. The largest absolute Gasteiger partial charge is 0.208 e. The van der Waals surface area contributed by atoms with E-state index in [1.807, 2.05) is 98.8 Å². The summed E-state index contributed by atoms with van der Waals surface area (Å²) in [6.07, 6.45) is 5.45. The molecule has 4 aromatic rings. The highest BCUT2D eigenvalue weighted by molar-refractivity contribution is 5.66. The van der Waals surface area contributed by atoms with Crippen molar-refractivity contribution in [2.75, 3.05) is 0 Å². The van der Waals surface area contributed by atoms with Gasteiger partial charge in [-0.05, 0) is 24.3 Å². The van der Waals surface area contributed by atoms with Crippen molar-refractivity contribution in [1.82, 2.24) is 15.0 Å². The van der Waals surface area contributed by atoms with Gasteiger partial charge in [-0.25, -0.2) is 15.0 Å². The average molecular weight is 363 g/mol. The molecule has 3 heteroatoms. The zero-order valence-electron chi connectivity index (χ0n) is 16.0. The standard InChI is InChI=1S/C23H15N3.C2H6/c1-2-17-13-15-20(16-14-17)23-25-21(18-9-5-3-6-10-18)24-22(26-23)19-11-7-4-8-12-19;1-2/h1,3-16H;1-2H3. The number of hydrogen-bond donors (Lipinski definition) is 0. The van der Waals surface area contributed by atoms with Crippen LogP contribution in [0.5, 0.6) is 0 Å². The summed E-state index contributed by atoms with van der Waals surface area (Å²) in [5, 5.41) is 0. The van der Waals surface area contributed by atoms with Crippen LogP contribution in [0.1, 0.15) is 19.4 Å². The van der Waals surface area contributed by atoms with E-state index in [4.69, 9.17) is 6.42 Å². The van der Waals surface area contributed by atoms with Crippen LogP contribution in [0.3, 0.4) is 0 Å². The maximum absolute atomic E-state index is 5.45. The number of hydrogen-bond acceptors (Lipinski definition) is 3. The summed E-state index contributed by atoms with van der Waals surface area (Å²) in [5.74, 6) is 4.55. The van der Waals surface area contributed by atoms with Crippen LogP contribution in [0.4, 0.5) is 0 Å². The summed E-state index contributed by atoms with van der Waals surface area (Å²) in [7, 11) is 0. The third-order valence-corrected chi connectivity index (χ3v) is 4.01. The molecule has 28 heavy (non-hydrogen) atoms. The molecule has 0 spiro atoms. The highest BCUT2D eigenvalue weighted by Crippen LogP contribution is 2.24. The van der Waals surface area contributed by atoms with Crippen LogP contribution in [0.2, 0.25) is 0 Å². The van der Waals surface area contributed by atoms with Crippen molar-refractivity contribution >= 4 is 0 Å². The third kappa shape index (κ3) is 4.31. The van der Waals surface area contributed by atoms with Gasteiger partial charge in [0.05, 0.1) is 0 Å². The van der Waals surface area contributed by atoms with Crippen LogP contribution in [-0.2, 0) is 0 Å². The molecule has 0 aliphatic heterocycles. The monoisotopic (exact) mass is 363 g/mol. The minimum atomic E-state index is 0.626.